The lowest BCUT2D eigenvalue weighted by Crippen LogP contribution is -2.65. The molecule has 1 atom stereocenters. The van der Waals surface area contributed by atoms with Crippen molar-refractivity contribution in [3.8, 4) is 5.69 Å². The van der Waals surface area contributed by atoms with Crippen LogP contribution in [0.15, 0.2) is 35.3 Å². The van der Waals surface area contributed by atoms with Gasteiger partial charge in [0.2, 0.25) is 5.82 Å². The number of fused-ring (bicyclic) bond motifs is 3. The molecular formula is C25H21Cl2F2N5O2. The van der Waals surface area contributed by atoms with Gasteiger partial charge in [-0.2, -0.15) is 0 Å². The summed E-state index contributed by atoms with van der Waals surface area (Å²) in [5.41, 5.74) is -0.0126. The molecule has 3 aliphatic rings. The molecular weight excluding hydrogens is 511 g/mol. The van der Waals surface area contributed by atoms with Crippen LogP contribution in [0.25, 0.3) is 5.69 Å². The van der Waals surface area contributed by atoms with Crippen LogP contribution < -0.4 is 0 Å². The average molecular weight is 532 g/mol. The Bertz CT molecular complexity index is 1410. The van der Waals surface area contributed by atoms with Gasteiger partial charge in [-0.1, -0.05) is 29.3 Å². The first kappa shape index (κ1) is 23.5. The van der Waals surface area contributed by atoms with E-state index in [0.717, 1.165) is 31.4 Å². The minimum absolute atomic E-state index is 0.0000847. The fraction of sp³-hybridized carbons (Fsp3) is 0.360. The first-order valence-corrected chi connectivity index (χ1v) is 12.4. The monoisotopic (exact) mass is 531 g/mol. The third kappa shape index (κ3) is 3.64. The van der Waals surface area contributed by atoms with E-state index in [0.29, 0.717) is 31.2 Å². The fourth-order valence-corrected chi connectivity index (χ4v) is 5.53. The molecule has 3 aromatic rings. The molecule has 1 aromatic heterocycles. The van der Waals surface area contributed by atoms with E-state index in [1.54, 1.807) is 24.0 Å². The second kappa shape index (κ2) is 8.61. The Morgan fingerprint density at radius 2 is 1.86 bits per heavy atom. The van der Waals surface area contributed by atoms with Gasteiger partial charge in [-0.15, -0.1) is 5.10 Å². The van der Waals surface area contributed by atoms with Crippen LogP contribution in [-0.2, 0) is 4.74 Å². The van der Waals surface area contributed by atoms with Gasteiger partial charge in [-0.25, -0.2) is 18.4 Å². The number of nitrogens with zero attached hydrogens (tertiary/aromatic N) is 5. The summed E-state index contributed by atoms with van der Waals surface area (Å²) in [6.45, 7) is 3.42. The second-order valence-electron chi connectivity index (χ2n) is 9.36. The topological polar surface area (TPSA) is 72.6 Å². The number of halogens is 4. The fourth-order valence-electron chi connectivity index (χ4n) is 5.13. The van der Waals surface area contributed by atoms with E-state index in [9.17, 15) is 13.6 Å². The molecule has 1 amide bonds. The van der Waals surface area contributed by atoms with Crippen molar-refractivity contribution in [3.05, 3.63) is 74.8 Å². The predicted molar refractivity (Wildman–Crippen MR) is 130 cm³/mol. The molecule has 2 saturated heterocycles. The zero-order chi connectivity index (χ0) is 25.2. The molecule has 0 bridgehead atoms. The number of carbonyl (C=O) groups is 1. The van der Waals surface area contributed by atoms with Crippen molar-refractivity contribution in [2.45, 2.75) is 37.8 Å². The van der Waals surface area contributed by atoms with Gasteiger partial charge in [0.15, 0.2) is 5.82 Å². The Kier molecular flexibility index (Phi) is 5.62. The van der Waals surface area contributed by atoms with E-state index in [2.05, 4.69) is 15.1 Å². The van der Waals surface area contributed by atoms with Gasteiger partial charge in [0, 0.05) is 12.2 Å². The van der Waals surface area contributed by atoms with Crippen molar-refractivity contribution < 1.29 is 18.3 Å². The van der Waals surface area contributed by atoms with Gasteiger partial charge in [-0.3, -0.25) is 9.79 Å². The molecule has 0 saturated carbocycles. The van der Waals surface area contributed by atoms with E-state index < -0.39 is 17.7 Å². The van der Waals surface area contributed by atoms with Crippen LogP contribution in [-0.4, -0.2) is 56.6 Å². The van der Waals surface area contributed by atoms with E-state index in [-0.39, 0.29) is 44.2 Å². The minimum Gasteiger partial charge on any atom is -0.371 e. The number of hydrogen-bond donors (Lipinski definition) is 0. The molecule has 1 spiro atoms. The van der Waals surface area contributed by atoms with Crippen LogP contribution in [0.5, 0.6) is 0 Å². The maximum Gasteiger partial charge on any atom is 0.293 e. The maximum absolute atomic E-state index is 14.8. The van der Waals surface area contributed by atoms with Gasteiger partial charge in [0.25, 0.3) is 5.91 Å². The number of rotatable bonds is 2. The van der Waals surface area contributed by atoms with Gasteiger partial charge < -0.3 is 9.64 Å². The van der Waals surface area contributed by atoms with Crippen LogP contribution in [0.2, 0.25) is 10.0 Å². The van der Waals surface area contributed by atoms with Crippen LogP contribution in [0.1, 0.15) is 59.8 Å². The number of carbonyl (C=O) groups excluding carboxylic acids is 1. The summed E-state index contributed by atoms with van der Waals surface area (Å²) in [5, 5.41) is 4.75. The molecule has 6 rings (SSSR count). The standard InChI is InChI=1S/C25H21Cl2F2N5O2/c1-13-23-31-22(24(35)33-11-25(12-33)9-2-3-10-36-25)32-34(23)17-8-7-14(26)20(27)19(17)21(30-13)18-15(28)5-4-6-16(18)29/h4-8,13H,2-3,9-12H2,1H3/t13-/m0/s1. The van der Waals surface area contributed by atoms with Crippen molar-refractivity contribution >= 4 is 34.8 Å². The minimum atomic E-state index is -0.789. The number of aliphatic imine (C=N–C) groups is 1. The lowest BCUT2D eigenvalue weighted by molar-refractivity contribution is -0.152. The molecule has 0 N–H and O–H groups in total. The van der Waals surface area contributed by atoms with Crippen LogP contribution >= 0.6 is 23.2 Å². The third-order valence-corrected chi connectivity index (χ3v) is 7.74. The number of likely N-dealkylation sites (tertiary alicyclic amines) is 1. The third-order valence-electron chi connectivity index (χ3n) is 6.94. The molecule has 4 heterocycles. The van der Waals surface area contributed by atoms with Crippen molar-refractivity contribution in [2.24, 2.45) is 4.99 Å². The van der Waals surface area contributed by atoms with E-state index >= 15 is 0 Å². The van der Waals surface area contributed by atoms with Gasteiger partial charge in [0.1, 0.15) is 23.3 Å². The quantitative estimate of drug-likeness (QED) is 0.457. The maximum atomic E-state index is 14.8. The summed E-state index contributed by atoms with van der Waals surface area (Å²) in [5.74, 6) is -1.54. The Labute approximate surface area is 215 Å². The molecule has 36 heavy (non-hydrogen) atoms. The summed E-state index contributed by atoms with van der Waals surface area (Å²) in [4.78, 5) is 24.0. The Morgan fingerprint density at radius 1 is 1.11 bits per heavy atom. The highest BCUT2D eigenvalue weighted by atomic mass is 35.5. The summed E-state index contributed by atoms with van der Waals surface area (Å²) in [6.07, 6.45) is 3.05. The van der Waals surface area contributed by atoms with Crippen LogP contribution in [0.3, 0.4) is 0 Å². The van der Waals surface area contributed by atoms with Crippen molar-refractivity contribution in [1.29, 1.82) is 0 Å². The smallest absolute Gasteiger partial charge is 0.293 e. The molecule has 3 aliphatic heterocycles. The Balaban J connectivity index is 1.43. The summed E-state index contributed by atoms with van der Waals surface area (Å²) in [6, 6.07) is 6.06. The van der Waals surface area contributed by atoms with Gasteiger partial charge in [-0.05, 0) is 50.5 Å². The molecule has 186 valence electrons. The molecule has 7 nitrogen and oxygen atoms in total. The molecule has 2 fully saturated rings. The lowest BCUT2D eigenvalue weighted by Gasteiger charge is -2.51. The highest BCUT2D eigenvalue weighted by molar-refractivity contribution is 6.45. The normalized spacial score (nSPS) is 20.3. The van der Waals surface area contributed by atoms with Crippen LogP contribution in [0, 0.1) is 11.6 Å². The predicted octanol–water partition coefficient (Wildman–Crippen LogP) is 5.16. The largest absolute Gasteiger partial charge is 0.371 e. The van der Waals surface area contributed by atoms with E-state index in [4.69, 9.17) is 27.9 Å². The van der Waals surface area contributed by atoms with E-state index in [1.807, 2.05) is 0 Å². The van der Waals surface area contributed by atoms with Gasteiger partial charge in [0.05, 0.1) is 40.1 Å². The molecule has 0 aliphatic carbocycles. The number of ether oxygens (including phenoxy) is 1. The first-order chi connectivity index (χ1) is 17.3. The molecule has 0 unspecified atom stereocenters. The number of benzene rings is 2. The number of aromatic nitrogens is 3. The number of hydrogen-bond acceptors (Lipinski definition) is 5. The molecule has 0 radical (unpaired) electrons. The average Bonchev–Trinajstić information content (AvgIpc) is 3.25. The molecule has 2 aromatic carbocycles. The number of amides is 1. The Morgan fingerprint density at radius 3 is 2.56 bits per heavy atom. The van der Waals surface area contributed by atoms with Crippen molar-refractivity contribution in [1.82, 2.24) is 19.7 Å². The van der Waals surface area contributed by atoms with Crippen molar-refractivity contribution in [3.63, 3.8) is 0 Å². The van der Waals surface area contributed by atoms with E-state index in [1.165, 1.54) is 10.7 Å². The lowest BCUT2D eigenvalue weighted by atomic mass is 9.86. The van der Waals surface area contributed by atoms with Gasteiger partial charge >= 0.3 is 0 Å². The van der Waals surface area contributed by atoms with Crippen molar-refractivity contribution in [2.75, 3.05) is 19.7 Å². The summed E-state index contributed by atoms with van der Waals surface area (Å²) in [7, 11) is 0. The second-order valence-corrected chi connectivity index (χ2v) is 10.1. The summed E-state index contributed by atoms with van der Waals surface area (Å²) < 4.78 is 37.1. The highest BCUT2D eigenvalue weighted by Gasteiger charge is 2.48. The SMILES string of the molecule is C[C@@H]1N=C(c2c(F)cccc2F)c2c(ccc(Cl)c2Cl)-n2nc(C(=O)N3CC4(CCCCO4)C3)nc21. The first-order valence-electron chi connectivity index (χ1n) is 11.7. The zero-order valence-corrected chi connectivity index (χ0v) is 20.8. The molecule has 11 heteroatoms. The summed E-state index contributed by atoms with van der Waals surface area (Å²) >= 11 is 12.9. The zero-order valence-electron chi connectivity index (χ0n) is 19.3. The van der Waals surface area contributed by atoms with Crippen LogP contribution in [0.4, 0.5) is 8.78 Å². The highest BCUT2D eigenvalue weighted by Crippen LogP contribution is 2.39. The Hall–Kier alpha value is -2.88.